The number of carbonyl (C=O) groups is 1. The summed E-state index contributed by atoms with van der Waals surface area (Å²) in [6, 6.07) is 10.1. The zero-order chi connectivity index (χ0) is 19.4. The zero-order valence-electron chi connectivity index (χ0n) is 15.1. The Labute approximate surface area is 155 Å². The summed E-state index contributed by atoms with van der Waals surface area (Å²) in [6.45, 7) is 0. The fraction of sp³-hybridized carbons (Fsp3) is 0.150. The van der Waals surface area contributed by atoms with Crippen LogP contribution in [-0.4, -0.2) is 37.3 Å². The predicted octanol–water partition coefficient (Wildman–Crippen LogP) is 2.90. The summed E-state index contributed by atoms with van der Waals surface area (Å²) in [6.07, 6.45) is 3.47. The monoisotopic (exact) mass is 366 g/mol. The highest BCUT2D eigenvalue weighted by molar-refractivity contribution is 5.89. The van der Waals surface area contributed by atoms with Crippen LogP contribution in [0.1, 0.15) is 21.7 Å². The van der Waals surface area contributed by atoms with E-state index < -0.39 is 5.97 Å². The number of rotatable bonds is 5. The zero-order valence-corrected chi connectivity index (χ0v) is 15.1. The summed E-state index contributed by atoms with van der Waals surface area (Å²) in [4.78, 5) is 31.0. The van der Waals surface area contributed by atoms with Gasteiger partial charge in [0.2, 0.25) is 0 Å². The van der Waals surface area contributed by atoms with Gasteiger partial charge >= 0.3 is 5.97 Å². The molecule has 1 aromatic heterocycles. The third-order valence-corrected chi connectivity index (χ3v) is 3.99. The van der Waals surface area contributed by atoms with E-state index in [0.29, 0.717) is 33.8 Å². The van der Waals surface area contributed by atoms with Gasteiger partial charge in [-0.25, -0.2) is 9.78 Å². The largest absolute Gasteiger partial charge is 0.493 e. The highest BCUT2D eigenvalue weighted by Crippen LogP contribution is 2.29. The molecule has 1 N–H and O–H groups in total. The van der Waals surface area contributed by atoms with Crippen molar-refractivity contribution >= 4 is 29.0 Å². The Balaban J connectivity index is 1.94. The minimum absolute atomic E-state index is 0.276. The molecule has 0 radical (unpaired) electrons. The molecule has 0 aliphatic carbocycles. The van der Waals surface area contributed by atoms with E-state index in [1.165, 1.54) is 21.3 Å². The van der Waals surface area contributed by atoms with Gasteiger partial charge in [-0.1, -0.05) is 18.2 Å². The van der Waals surface area contributed by atoms with Crippen LogP contribution in [0.2, 0.25) is 0 Å². The van der Waals surface area contributed by atoms with E-state index in [-0.39, 0.29) is 5.56 Å². The molecule has 0 aliphatic rings. The SMILES string of the molecule is COC(=O)c1ccc(/C=C/c2nc3cc(OC)c(OC)cc3c(=O)[nH]2)cc1. The van der Waals surface area contributed by atoms with Gasteiger partial charge in [0.15, 0.2) is 11.5 Å². The smallest absolute Gasteiger partial charge is 0.337 e. The van der Waals surface area contributed by atoms with Gasteiger partial charge in [-0.05, 0) is 29.8 Å². The molecular weight excluding hydrogens is 348 g/mol. The molecular formula is C20H18N2O5. The van der Waals surface area contributed by atoms with Crippen molar-refractivity contribution in [1.82, 2.24) is 9.97 Å². The van der Waals surface area contributed by atoms with Crippen molar-refractivity contribution in [2.75, 3.05) is 21.3 Å². The highest BCUT2D eigenvalue weighted by atomic mass is 16.5. The number of methoxy groups -OCH3 is 3. The number of hydrogen-bond donors (Lipinski definition) is 1. The molecule has 0 aliphatic heterocycles. The lowest BCUT2D eigenvalue weighted by atomic mass is 10.1. The van der Waals surface area contributed by atoms with Crippen molar-refractivity contribution in [3.05, 3.63) is 63.7 Å². The standard InChI is InChI=1S/C20H18N2O5/c1-25-16-10-14-15(11-17(16)26-2)21-18(22-19(14)23)9-6-12-4-7-13(8-5-12)20(24)27-3/h4-11H,1-3H3,(H,21,22,23)/b9-6+. The maximum absolute atomic E-state index is 12.4. The fourth-order valence-electron chi connectivity index (χ4n) is 2.59. The van der Waals surface area contributed by atoms with Crippen molar-refractivity contribution < 1.29 is 19.0 Å². The number of benzene rings is 2. The van der Waals surface area contributed by atoms with Crippen LogP contribution in [0.5, 0.6) is 11.5 Å². The maximum Gasteiger partial charge on any atom is 0.337 e. The predicted molar refractivity (Wildman–Crippen MR) is 102 cm³/mol. The Morgan fingerprint density at radius 3 is 2.30 bits per heavy atom. The fourth-order valence-corrected chi connectivity index (χ4v) is 2.59. The van der Waals surface area contributed by atoms with E-state index in [1.807, 2.05) is 0 Å². The number of esters is 1. The summed E-state index contributed by atoms with van der Waals surface area (Å²) < 4.78 is 15.1. The van der Waals surface area contributed by atoms with Gasteiger partial charge in [0.25, 0.3) is 5.56 Å². The molecule has 1 heterocycles. The summed E-state index contributed by atoms with van der Waals surface area (Å²) in [5.41, 5.74) is 1.53. The first-order chi connectivity index (χ1) is 13.0. The minimum Gasteiger partial charge on any atom is -0.493 e. The molecule has 0 spiro atoms. The number of carbonyl (C=O) groups excluding carboxylic acids is 1. The molecule has 0 saturated heterocycles. The van der Waals surface area contributed by atoms with Crippen molar-refractivity contribution in [1.29, 1.82) is 0 Å². The number of aromatic nitrogens is 2. The van der Waals surface area contributed by atoms with Crippen molar-refractivity contribution in [2.45, 2.75) is 0 Å². The number of nitrogens with zero attached hydrogens (tertiary/aromatic N) is 1. The molecule has 138 valence electrons. The van der Waals surface area contributed by atoms with Gasteiger partial charge in [0.05, 0.1) is 37.8 Å². The number of fused-ring (bicyclic) bond motifs is 1. The molecule has 2 aromatic carbocycles. The van der Waals surface area contributed by atoms with Crippen LogP contribution < -0.4 is 15.0 Å². The molecule has 27 heavy (non-hydrogen) atoms. The molecule has 7 nitrogen and oxygen atoms in total. The lowest BCUT2D eigenvalue weighted by Crippen LogP contribution is -2.10. The van der Waals surface area contributed by atoms with Gasteiger partial charge in [0, 0.05) is 6.07 Å². The van der Waals surface area contributed by atoms with E-state index in [9.17, 15) is 9.59 Å². The first-order valence-corrected chi connectivity index (χ1v) is 8.08. The van der Waals surface area contributed by atoms with Crippen molar-refractivity contribution in [3.8, 4) is 11.5 Å². The highest BCUT2D eigenvalue weighted by Gasteiger charge is 2.10. The molecule has 0 fully saturated rings. The van der Waals surface area contributed by atoms with E-state index in [2.05, 4.69) is 14.7 Å². The number of aromatic amines is 1. The third kappa shape index (κ3) is 3.82. The Morgan fingerprint density at radius 1 is 1.00 bits per heavy atom. The molecule has 0 bridgehead atoms. The van der Waals surface area contributed by atoms with Crippen molar-refractivity contribution in [3.63, 3.8) is 0 Å². The summed E-state index contributed by atoms with van der Waals surface area (Å²) in [5.74, 6) is 0.968. The Bertz CT molecular complexity index is 1070. The second-order valence-corrected chi connectivity index (χ2v) is 5.62. The molecule has 3 rings (SSSR count). The van der Waals surface area contributed by atoms with Gasteiger partial charge in [-0.2, -0.15) is 0 Å². The van der Waals surface area contributed by atoms with Crippen LogP contribution in [0, 0.1) is 0 Å². The van der Waals surface area contributed by atoms with Crippen LogP contribution >= 0.6 is 0 Å². The van der Waals surface area contributed by atoms with E-state index >= 15 is 0 Å². The number of nitrogens with one attached hydrogen (secondary N) is 1. The molecule has 0 amide bonds. The van der Waals surface area contributed by atoms with E-state index in [1.54, 1.807) is 48.6 Å². The van der Waals surface area contributed by atoms with Crippen molar-refractivity contribution in [2.24, 2.45) is 0 Å². The lowest BCUT2D eigenvalue weighted by Gasteiger charge is -2.08. The number of ether oxygens (including phenoxy) is 3. The summed E-state index contributed by atoms with van der Waals surface area (Å²) in [5, 5.41) is 0.409. The first-order valence-electron chi connectivity index (χ1n) is 8.08. The first kappa shape index (κ1) is 18.2. The van der Waals surface area contributed by atoms with Crippen LogP contribution in [0.15, 0.2) is 41.2 Å². The van der Waals surface area contributed by atoms with Gasteiger partial charge < -0.3 is 19.2 Å². The molecule has 3 aromatic rings. The second-order valence-electron chi connectivity index (χ2n) is 5.62. The minimum atomic E-state index is -0.393. The van der Waals surface area contributed by atoms with Gasteiger partial charge in [-0.3, -0.25) is 4.79 Å². The lowest BCUT2D eigenvalue weighted by molar-refractivity contribution is 0.0600. The summed E-state index contributed by atoms with van der Waals surface area (Å²) >= 11 is 0. The quantitative estimate of drug-likeness (QED) is 0.698. The van der Waals surface area contributed by atoms with Gasteiger partial charge in [0.1, 0.15) is 5.82 Å². The van der Waals surface area contributed by atoms with E-state index in [0.717, 1.165) is 5.56 Å². The van der Waals surface area contributed by atoms with Crippen LogP contribution in [0.4, 0.5) is 0 Å². The molecule has 7 heteroatoms. The molecule has 0 atom stereocenters. The average molecular weight is 366 g/mol. The van der Waals surface area contributed by atoms with Crippen LogP contribution in [0.25, 0.3) is 23.1 Å². The Kier molecular flexibility index (Phi) is 5.21. The number of H-pyrrole nitrogens is 1. The third-order valence-electron chi connectivity index (χ3n) is 3.99. The average Bonchev–Trinajstić information content (AvgIpc) is 2.71. The Morgan fingerprint density at radius 2 is 1.67 bits per heavy atom. The topological polar surface area (TPSA) is 90.5 Å². The number of hydrogen-bond acceptors (Lipinski definition) is 6. The summed E-state index contributed by atoms with van der Waals surface area (Å²) in [7, 11) is 4.37. The normalized spacial score (nSPS) is 10.9. The molecule has 0 unspecified atom stereocenters. The maximum atomic E-state index is 12.4. The second kappa shape index (κ2) is 7.74. The Hall–Kier alpha value is -3.61. The van der Waals surface area contributed by atoms with Crippen LogP contribution in [-0.2, 0) is 4.74 Å². The van der Waals surface area contributed by atoms with Gasteiger partial charge in [-0.15, -0.1) is 0 Å². The molecule has 0 saturated carbocycles. The van der Waals surface area contributed by atoms with E-state index in [4.69, 9.17) is 9.47 Å². The van der Waals surface area contributed by atoms with Crippen LogP contribution in [0.3, 0.4) is 0 Å².